The quantitative estimate of drug-likeness (QED) is 0.433. The van der Waals surface area contributed by atoms with Crippen LogP contribution in [0.2, 0.25) is 0 Å². The van der Waals surface area contributed by atoms with Crippen LogP contribution < -0.4 is 0 Å². The van der Waals surface area contributed by atoms with Crippen molar-refractivity contribution in [3.63, 3.8) is 0 Å². The predicted molar refractivity (Wildman–Crippen MR) is 44.8 cm³/mol. The van der Waals surface area contributed by atoms with Crippen molar-refractivity contribution in [1.29, 1.82) is 5.41 Å². The van der Waals surface area contributed by atoms with Gasteiger partial charge in [-0.1, -0.05) is 0 Å². The zero-order valence-corrected chi connectivity index (χ0v) is 7.01. The summed E-state index contributed by atoms with van der Waals surface area (Å²) in [5, 5.41) is 16.3. The van der Waals surface area contributed by atoms with Crippen LogP contribution in [0, 0.1) is 11.3 Å². The van der Waals surface area contributed by atoms with Gasteiger partial charge in [0.2, 0.25) is 0 Å². The number of amidine groups is 1. The van der Waals surface area contributed by atoms with E-state index in [1.807, 2.05) is 4.90 Å². The van der Waals surface area contributed by atoms with Gasteiger partial charge in [-0.3, -0.25) is 5.41 Å². The number of hydrogen-bond acceptors (Lipinski definition) is 2. The van der Waals surface area contributed by atoms with Crippen LogP contribution in [0.3, 0.4) is 0 Å². The van der Waals surface area contributed by atoms with E-state index in [9.17, 15) is 0 Å². The molecule has 11 heavy (non-hydrogen) atoms. The average molecular weight is 156 g/mol. The van der Waals surface area contributed by atoms with Crippen molar-refractivity contribution in [3.8, 4) is 0 Å². The Morgan fingerprint density at radius 1 is 1.73 bits per heavy atom. The lowest BCUT2D eigenvalue weighted by Gasteiger charge is -2.32. The molecule has 0 saturated carbocycles. The van der Waals surface area contributed by atoms with Gasteiger partial charge in [-0.15, -0.1) is 0 Å². The molecular weight excluding hydrogens is 140 g/mol. The minimum Gasteiger partial charge on any atom is -0.396 e. The summed E-state index contributed by atoms with van der Waals surface area (Å²) in [7, 11) is 0. The molecule has 2 N–H and O–H groups in total. The van der Waals surface area contributed by atoms with E-state index in [2.05, 4.69) is 0 Å². The Labute approximate surface area is 67.5 Å². The fourth-order valence-electron chi connectivity index (χ4n) is 1.52. The molecule has 0 amide bonds. The highest BCUT2D eigenvalue weighted by atomic mass is 16.3. The van der Waals surface area contributed by atoms with Gasteiger partial charge in [0, 0.05) is 19.7 Å². The molecule has 0 spiro atoms. The van der Waals surface area contributed by atoms with Crippen molar-refractivity contribution in [2.75, 3.05) is 19.7 Å². The van der Waals surface area contributed by atoms with Crippen LogP contribution in [0.5, 0.6) is 0 Å². The fraction of sp³-hybridized carbons (Fsp3) is 0.875. The lowest BCUT2D eigenvalue weighted by Crippen LogP contribution is -2.39. The second-order valence-corrected chi connectivity index (χ2v) is 3.22. The second-order valence-electron chi connectivity index (χ2n) is 3.22. The van der Waals surface area contributed by atoms with Crippen LogP contribution in [0.1, 0.15) is 19.8 Å². The average Bonchev–Trinajstić information content (AvgIpc) is 2.05. The van der Waals surface area contributed by atoms with Gasteiger partial charge in [0.15, 0.2) is 0 Å². The van der Waals surface area contributed by atoms with E-state index in [4.69, 9.17) is 10.5 Å². The molecule has 1 fully saturated rings. The Morgan fingerprint density at radius 2 is 2.45 bits per heavy atom. The Hall–Kier alpha value is -0.570. The zero-order chi connectivity index (χ0) is 8.27. The summed E-state index contributed by atoms with van der Waals surface area (Å²) < 4.78 is 0. The standard InChI is InChI=1S/C8H16N2O/c1-7(9)10-4-2-3-8(5-10)6-11/h8-9,11H,2-6H2,1H3. The van der Waals surface area contributed by atoms with Crippen molar-refractivity contribution in [2.45, 2.75) is 19.8 Å². The maximum atomic E-state index is 8.89. The summed E-state index contributed by atoms with van der Waals surface area (Å²) in [6.07, 6.45) is 2.22. The lowest BCUT2D eigenvalue weighted by molar-refractivity contribution is 0.160. The Balaban J connectivity index is 2.39. The molecular formula is C8H16N2O. The molecule has 1 unspecified atom stereocenters. The van der Waals surface area contributed by atoms with Crippen LogP contribution in [0.15, 0.2) is 0 Å². The molecule has 3 nitrogen and oxygen atoms in total. The number of aliphatic hydroxyl groups excluding tert-OH is 1. The molecule has 1 heterocycles. The number of piperidine rings is 1. The molecule has 0 bridgehead atoms. The monoisotopic (exact) mass is 156 g/mol. The van der Waals surface area contributed by atoms with E-state index in [-0.39, 0.29) is 6.61 Å². The maximum Gasteiger partial charge on any atom is 0.0925 e. The van der Waals surface area contributed by atoms with Crippen LogP contribution >= 0.6 is 0 Å². The van der Waals surface area contributed by atoms with Gasteiger partial charge in [0.1, 0.15) is 0 Å². The van der Waals surface area contributed by atoms with Gasteiger partial charge in [0.25, 0.3) is 0 Å². The molecule has 0 aromatic heterocycles. The third-order valence-electron chi connectivity index (χ3n) is 2.25. The summed E-state index contributed by atoms with van der Waals surface area (Å²) in [5.74, 6) is 1.02. The molecule has 3 heteroatoms. The third kappa shape index (κ3) is 2.19. The number of hydrogen-bond donors (Lipinski definition) is 2. The highest BCUT2D eigenvalue weighted by Crippen LogP contribution is 2.15. The molecule has 0 radical (unpaired) electrons. The number of likely N-dealkylation sites (tertiary alicyclic amines) is 1. The number of nitrogens with zero attached hydrogens (tertiary/aromatic N) is 1. The zero-order valence-electron chi connectivity index (χ0n) is 7.01. The summed E-state index contributed by atoms with van der Waals surface area (Å²) in [6, 6.07) is 0. The highest BCUT2D eigenvalue weighted by molar-refractivity contribution is 5.76. The molecule has 1 aliphatic rings. The minimum absolute atomic E-state index is 0.268. The molecule has 1 rings (SSSR count). The maximum absolute atomic E-state index is 8.89. The van der Waals surface area contributed by atoms with Crippen molar-refractivity contribution < 1.29 is 5.11 Å². The summed E-state index contributed by atoms with van der Waals surface area (Å²) in [6.45, 7) is 3.93. The van der Waals surface area contributed by atoms with Crippen molar-refractivity contribution in [2.24, 2.45) is 5.92 Å². The number of rotatable bonds is 1. The molecule has 0 aromatic carbocycles. The van der Waals surface area contributed by atoms with Gasteiger partial charge in [0.05, 0.1) is 5.84 Å². The van der Waals surface area contributed by atoms with Gasteiger partial charge in [-0.05, 0) is 25.7 Å². The van der Waals surface area contributed by atoms with Gasteiger partial charge in [-0.25, -0.2) is 0 Å². The molecule has 1 atom stereocenters. The third-order valence-corrected chi connectivity index (χ3v) is 2.25. The molecule has 0 aromatic rings. The summed E-state index contributed by atoms with van der Waals surface area (Å²) >= 11 is 0. The van der Waals surface area contributed by atoms with E-state index in [1.165, 1.54) is 0 Å². The Morgan fingerprint density at radius 3 is 3.00 bits per heavy atom. The van der Waals surface area contributed by atoms with Crippen LogP contribution in [-0.4, -0.2) is 35.5 Å². The van der Waals surface area contributed by atoms with E-state index in [0.29, 0.717) is 11.8 Å². The fourth-order valence-corrected chi connectivity index (χ4v) is 1.52. The number of nitrogens with one attached hydrogen (secondary N) is 1. The Bertz CT molecular complexity index is 147. The van der Waals surface area contributed by atoms with E-state index >= 15 is 0 Å². The van der Waals surface area contributed by atoms with Crippen LogP contribution in [-0.2, 0) is 0 Å². The smallest absolute Gasteiger partial charge is 0.0925 e. The first-order valence-corrected chi connectivity index (χ1v) is 4.15. The molecule has 1 aliphatic heterocycles. The van der Waals surface area contributed by atoms with Gasteiger partial charge < -0.3 is 10.0 Å². The number of aliphatic hydroxyl groups is 1. The summed E-state index contributed by atoms with van der Waals surface area (Å²) in [5.41, 5.74) is 0. The van der Waals surface area contributed by atoms with Crippen LogP contribution in [0.25, 0.3) is 0 Å². The first-order valence-electron chi connectivity index (χ1n) is 4.15. The van der Waals surface area contributed by atoms with E-state index < -0.39 is 0 Å². The lowest BCUT2D eigenvalue weighted by atomic mass is 9.99. The topological polar surface area (TPSA) is 47.3 Å². The second kappa shape index (κ2) is 3.72. The van der Waals surface area contributed by atoms with Crippen molar-refractivity contribution >= 4 is 5.84 Å². The van der Waals surface area contributed by atoms with E-state index in [1.54, 1.807) is 6.92 Å². The minimum atomic E-state index is 0.268. The van der Waals surface area contributed by atoms with Crippen LogP contribution in [0.4, 0.5) is 0 Å². The first-order chi connectivity index (χ1) is 5.24. The Kier molecular flexibility index (Phi) is 2.88. The highest BCUT2D eigenvalue weighted by Gasteiger charge is 2.18. The molecule has 0 aliphatic carbocycles. The van der Waals surface area contributed by atoms with Gasteiger partial charge >= 0.3 is 0 Å². The predicted octanol–water partition coefficient (Wildman–Crippen LogP) is 0.688. The molecule has 1 saturated heterocycles. The SMILES string of the molecule is CC(=N)N1CCCC(CO)C1. The molecule has 64 valence electrons. The summed E-state index contributed by atoms with van der Waals surface area (Å²) in [4.78, 5) is 2.03. The first kappa shape index (κ1) is 8.53. The van der Waals surface area contributed by atoms with E-state index in [0.717, 1.165) is 25.9 Å². The largest absolute Gasteiger partial charge is 0.396 e. The van der Waals surface area contributed by atoms with Crippen molar-refractivity contribution in [3.05, 3.63) is 0 Å². The van der Waals surface area contributed by atoms with Crippen molar-refractivity contribution in [1.82, 2.24) is 4.90 Å². The normalized spacial score (nSPS) is 25.3. The van der Waals surface area contributed by atoms with Gasteiger partial charge in [-0.2, -0.15) is 0 Å².